The van der Waals surface area contributed by atoms with Gasteiger partial charge in [-0.25, -0.2) is 9.59 Å². The number of aliphatic hydroxyl groups excluding tert-OH is 4. The van der Waals surface area contributed by atoms with E-state index in [-0.39, 0.29) is 116 Å². The van der Waals surface area contributed by atoms with E-state index in [1.54, 1.807) is 40.7 Å². The summed E-state index contributed by atoms with van der Waals surface area (Å²) in [6.07, 6.45) is 49.8. The summed E-state index contributed by atoms with van der Waals surface area (Å²) in [7, 11) is 0. The van der Waals surface area contributed by atoms with Crippen LogP contribution in [0, 0.1) is 60.6 Å². The van der Waals surface area contributed by atoms with Crippen LogP contribution in [0.2, 0.25) is 0 Å². The van der Waals surface area contributed by atoms with Crippen molar-refractivity contribution in [2.24, 2.45) is 60.6 Å². The van der Waals surface area contributed by atoms with Crippen molar-refractivity contribution < 1.29 is 112 Å². The third-order valence-electron chi connectivity index (χ3n) is 27.3. The molecule has 628 valence electrons. The number of carbonyl (C=O) groups excluding carboxylic acids is 12. The average molecular weight is 1570 g/mol. The number of aldehydes is 2. The molecular weight excluding hydrogens is 1440 g/mol. The van der Waals surface area contributed by atoms with Gasteiger partial charge in [0.2, 0.25) is 0 Å². The number of hydrogen-bond donors (Lipinski definition) is 6. The summed E-state index contributed by atoms with van der Waals surface area (Å²) in [5.74, 6) is -2.61. The molecular formula is C89H134O23. The van der Waals surface area contributed by atoms with E-state index < -0.39 is 28.7 Å². The van der Waals surface area contributed by atoms with Gasteiger partial charge >= 0.3 is 29.8 Å². The third kappa shape index (κ3) is 27.3. The third-order valence-corrected chi connectivity index (χ3v) is 27.3. The van der Waals surface area contributed by atoms with Crippen LogP contribution >= 0.6 is 0 Å². The minimum atomic E-state index is -0.941. The number of ether oxygens (including phenoxy) is 3. The Labute approximate surface area is 663 Å². The van der Waals surface area contributed by atoms with Crippen LogP contribution in [0.5, 0.6) is 0 Å². The summed E-state index contributed by atoms with van der Waals surface area (Å²) >= 11 is 0. The van der Waals surface area contributed by atoms with Crippen LogP contribution < -0.4 is 0 Å². The lowest BCUT2D eigenvalue weighted by molar-refractivity contribution is -0.165. The summed E-state index contributed by atoms with van der Waals surface area (Å²) in [6, 6.07) is 0. The number of rotatable bonds is 23. The number of esters is 3. The van der Waals surface area contributed by atoms with Crippen LogP contribution in [-0.4, -0.2) is 147 Å². The first-order valence-corrected chi connectivity index (χ1v) is 41.9. The molecule has 4 spiro atoms. The maximum absolute atomic E-state index is 11.4. The molecule has 23 heteroatoms. The molecule has 0 aromatic rings. The zero-order chi connectivity index (χ0) is 83.2. The zero-order valence-electron chi connectivity index (χ0n) is 68.7. The summed E-state index contributed by atoms with van der Waals surface area (Å²) in [5, 5.41) is 54.0. The van der Waals surface area contributed by atoms with Crippen LogP contribution in [0.15, 0.2) is 47.0 Å². The number of allylic oxidation sites excluding steroid dienone is 6. The van der Waals surface area contributed by atoms with Crippen molar-refractivity contribution in [3.05, 3.63) is 47.0 Å². The number of carboxylic acid groups (broad SMARTS) is 2. The Morgan fingerprint density at radius 2 is 0.848 bits per heavy atom. The number of carbonyl (C=O) groups is 14. The first-order chi connectivity index (χ1) is 53.0. The summed E-state index contributed by atoms with van der Waals surface area (Å²) < 4.78 is 14.6. The smallest absolute Gasteiger partial charge is 0.334 e. The van der Waals surface area contributed by atoms with E-state index in [4.69, 9.17) is 34.6 Å². The normalized spacial score (nSPS) is 24.0. The van der Waals surface area contributed by atoms with Crippen molar-refractivity contribution >= 4 is 82.9 Å². The fourth-order valence-electron chi connectivity index (χ4n) is 17.6. The second-order valence-electron chi connectivity index (χ2n) is 35.1. The highest BCUT2D eigenvalue weighted by Gasteiger charge is 2.51. The van der Waals surface area contributed by atoms with Crippen LogP contribution in [0.4, 0.5) is 0 Å². The standard InChI is InChI=1S/C13H22O3.C13H18O3.2C11H16O2.2C10H14O3.C9H14O3.C6H12O2.C6H8O2/c2*1-3-16-12(15)6-10-13(7-4-8-13)9-5-11(2)14;2*1-8(12)9-7-11(4-2-5-11)6-3-10(9)13;2*11-8-2-5-10(3-1-4-10)6-7(8)9(12)13;1-3-12-8(11)9(7(2)10)5-4-6-9;2*7-4-6(5-8)2-1-3-6/h3-10H2,1-2H3;5-6,9-10H,3-4,7-8H2,1-2H3;13H,2-7H2,1H3;9H,2-7H2,1H3;11H,1-6H2,(H,12,13);7H,1-6H2,(H,12,13);3-6H2,1-2H3;7-8H,1-5H2;4-5H,1-3H2/b;9-5+,10-6+;;;;;;;. The first kappa shape index (κ1) is 95.4. The minimum Gasteiger partial charge on any atom is -0.512 e. The average Bonchev–Trinajstić information content (AvgIpc) is 0.785. The molecule has 0 bridgehead atoms. The van der Waals surface area contributed by atoms with Crippen molar-refractivity contribution in [3.8, 4) is 0 Å². The molecule has 13 aliphatic carbocycles. The molecule has 0 radical (unpaired) electrons. The van der Waals surface area contributed by atoms with Gasteiger partial charge in [-0.2, -0.15) is 0 Å². The van der Waals surface area contributed by atoms with E-state index >= 15 is 0 Å². The van der Waals surface area contributed by atoms with Gasteiger partial charge in [-0.05, 0) is 268 Å². The maximum Gasteiger partial charge on any atom is 0.334 e. The highest BCUT2D eigenvalue weighted by Crippen LogP contribution is 2.56. The quantitative estimate of drug-likeness (QED) is 0.0182. The number of hydrogen-bond acceptors (Lipinski definition) is 21. The number of aliphatic hydroxyl groups is 4. The highest BCUT2D eigenvalue weighted by atomic mass is 16.5. The van der Waals surface area contributed by atoms with Gasteiger partial charge in [0.05, 0.1) is 55.7 Å². The second kappa shape index (κ2) is 44.1. The van der Waals surface area contributed by atoms with Crippen molar-refractivity contribution in [2.75, 3.05) is 33.0 Å². The van der Waals surface area contributed by atoms with Gasteiger partial charge in [-0.3, -0.25) is 43.2 Å². The number of ketones is 7. The van der Waals surface area contributed by atoms with Gasteiger partial charge in [0.1, 0.15) is 58.6 Å². The number of Topliss-reactive ketones (excluding diaryl/α,β-unsaturated/α-hetero) is 6. The van der Waals surface area contributed by atoms with Gasteiger partial charge in [0, 0.05) is 61.0 Å². The molecule has 0 aromatic heterocycles. The van der Waals surface area contributed by atoms with Crippen molar-refractivity contribution in [1.82, 2.24) is 0 Å². The van der Waals surface area contributed by atoms with E-state index in [9.17, 15) is 77.3 Å². The van der Waals surface area contributed by atoms with E-state index in [2.05, 4.69) is 0 Å². The Balaban J connectivity index is 0.000000227. The van der Waals surface area contributed by atoms with Gasteiger partial charge < -0.3 is 59.2 Å². The van der Waals surface area contributed by atoms with E-state index in [0.29, 0.717) is 99.8 Å². The summed E-state index contributed by atoms with van der Waals surface area (Å²) in [4.78, 5) is 154. The lowest BCUT2D eigenvalue weighted by Gasteiger charge is -2.46. The lowest BCUT2D eigenvalue weighted by atomic mass is 9.58. The minimum absolute atomic E-state index is 0.0378. The Morgan fingerprint density at radius 1 is 0.446 bits per heavy atom. The Hall–Kier alpha value is -7.14. The molecule has 6 N–H and O–H groups in total. The van der Waals surface area contributed by atoms with Crippen LogP contribution in [-0.2, 0) is 81.3 Å². The largest absolute Gasteiger partial charge is 0.512 e. The lowest BCUT2D eigenvalue weighted by Crippen LogP contribution is -2.45. The predicted molar refractivity (Wildman–Crippen MR) is 420 cm³/mol. The molecule has 0 aromatic carbocycles. The summed E-state index contributed by atoms with van der Waals surface area (Å²) in [5.41, 5.74) is 0.971. The fraction of sp³-hybridized carbons (Fsp3) is 0.753. The zero-order valence-corrected chi connectivity index (χ0v) is 68.7. The SMILES string of the molecule is CC(=O)C1=C(O)CCC2(CCC2)C1.CC(=O)C1CC2(CCC2)CCC1=O.CCOC(=O)/C=C/C1(/C=C/C(C)=O)CCC1.CCOC(=O)C1(C(C)=O)CCC1.CCOC(=O)CCC1(CCC(C)=O)CCC1.O=C(O)C1=C(O)CCC2(CCC2)C1.O=C(O)C1CC2(CCC2)CCC1=O.O=CC1(C=O)CCC1.OCC1(CO)CCC1. The van der Waals surface area contributed by atoms with E-state index in [0.717, 1.165) is 154 Å². The molecule has 2 unspecified atom stereocenters. The number of aliphatic carboxylic acids is 2. The first-order valence-electron chi connectivity index (χ1n) is 41.9. The van der Waals surface area contributed by atoms with E-state index in [1.165, 1.54) is 97.0 Å². The molecule has 0 saturated heterocycles. The molecule has 13 rings (SSSR count). The van der Waals surface area contributed by atoms with Crippen molar-refractivity contribution in [1.29, 1.82) is 0 Å². The molecule has 0 aliphatic heterocycles. The number of carboxylic acids is 2. The van der Waals surface area contributed by atoms with Crippen LogP contribution in [0.3, 0.4) is 0 Å². The van der Waals surface area contributed by atoms with Gasteiger partial charge in [-0.15, -0.1) is 0 Å². The molecule has 11 saturated carbocycles. The summed E-state index contributed by atoms with van der Waals surface area (Å²) in [6.45, 7) is 14.6. The van der Waals surface area contributed by atoms with Crippen molar-refractivity contribution in [3.63, 3.8) is 0 Å². The van der Waals surface area contributed by atoms with Crippen LogP contribution in [0.25, 0.3) is 0 Å². The topological polar surface area (TPSA) is 388 Å². The second-order valence-corrected chi connectivity index (χ2v) is 35.1. The molecule has 0 heterocycles. The fourth-order valence-corrected chi connectivity index (χ4v) is 17.6. The Bertz CT molecular complexity index is 3260. The monoisotopic (exact) mass is 1570 g/mol. The molecule has 0 amide bonds. The molecule has 2 atom stereocenters. The Kier molecular flexibility index (Phi) is 37.6. The van der Waals surface area contributed by atoms with E-state index in [1.807, 2.05) is 19.1 Å². The van der Waals surface area contributed by atoms with Crippen LogP contribution in [0.1, 0.15) is 331 Å². The molecule has 11 fully saturated rings. The predicted octanol–water partition coefficient (Wildman–Crippen LogP) is 16.0. The molecule has 112 heavy (non-hydrogen) atoms. The molecule has 23 nitrogen and oxygen atoms in total. The van der Waals surface area contributed by atoms with Gasteiger partial charge in [0.25, 0.3) is 0 Å². The maximum atomic E-state index is 11.4. The molecule has 13 aliphatic rings. The van der Waals surface area contributed by atoms with Gasteiger partial charge in [-0.1, -0.05) is 69.9 Å². The van der Waals surface area contributed by atoms with Gasteiger partial charge in [0.15, 0.2) is 11.6 Å². The highest BCUT2D eigenvalue weighted by molar-refractivity contribution is 6.04. The van der Waals surface area contributed by atoms with Crippen molar-refractivity contribution in [2.45, 2.75) is 331 Å². The Morgan fingerprint density at radius 3 is 1.16 bits per heavy atom.